The van der Waals surface area contributed by atoms with E-state index in [1.807, 2.05) is 41.3 Å². The van der Waals surface area contributed by atoms with Crippen LogP contribution in [0.15, 0.2) is 77.1 Å². The summed E-state index contributed by atoms with van der Waals surface area (Å²) >= 11 is 1.51. The molecule has 0 bridgehead atoms. The van der Waals surface area contributed by atoms with Crippen molar-refractivity contribution < 1.29 is 4.79 Å². The number of rotatable bonds is 5. The van der Waals surface area contributed by atoms with E-state index < -0.39 is 0 Å². The van der Waals surface area contributed by atoms with Crippen LogP contribution in [0.5, 0.6) is 0 Å². The molecule has 2 aromatic carbocycles. The molecular weight excluding hydrogens is 438 g/mol. The maximum atomic E-state index is 13.9. The maximum absolute atomic E-state index is 13.9. The molecule has 5 heteroatoms. The molecule has 3 aromatic rings. The van der Waals surface area contributed by atoms with E-state index in [4.69, 9.17) is 4.99 Å². The standard InChI is InChI=1S/C29H31N3OS/c1-4-18-31-21(3)24(23-15-9-11-17-26(23)31)19-27-28(33)32(25-16-10-8-12-20(25)2)29(34-27)30-22-13-6-5-7-14-22/h4-7,9,11,13-15,17,19-20,25H,1,8,10,12,16,18H2,2-3H3/b27-19-,30-29?/t20-,25+/m0/s1. The molecule has 1 amide bonds. The van der Waals surface area contributed by atoms with Crippen LogP contribution in [0.4, 0.5) is 5.69 Å². The molecule has 1 saturated heterocycles. The smallest absolute Gasteiger partial charge is 0.267 e. The van der Waals surface area contributed by atoms with Gasteiger partial charge in [-0.15, -0.1) is 6.58 Å². The van der Waals surface area contributed by atoms with Crippen LogP contribution in [0, 0.1) is 12.8 Å². The van der Waals surface area contributed by atoms with Crippen LogP contribution >= 0.6 is 11.8 Å². The summed E-state index contributed by atoms with van der Waals surface area (Å²) in [6, 6.07) is 18.6. The van der Waals surface area contributed by atoms with E-state index in [2.05, 4.69) is 55.3 Å². The summed E-state index contributed by atoms with van der Waals surface area (Å²) in [7, 11) is 0. The zero-order valence-electron chi connectivity index (χ0n) is 19.9. The Morgan fingerprint density at radius 2 is 1.82 bits per heavy atom. The number of aliphatic imine (C=N–C) groups is 1. The Hall–Kier alpha value is -3.05. The second-order valence-corrected chi connectivity index (χ2v) is 10.3. The minimum absolute atomic E-state index is 0.0818. The number of nitrogens with zero attached hydrogens (tertiary/aromatic N) is 3. The SMILES string of the molecule is C=CCn1c(C)c(/C=C2\SC(=Nc3ccccc3)N([C@@H]3CCCC[C@@H]3C)C2=O)c2ccccc21. The van der Waals surface area contributed by atoms with Crippen LogP contribution in [-0.4, -0.2) is 26.6 Å². The first-order valence-corrected chi connectivity index (χ1v) is 13.0. The van der Waals surface area contributed by atoms with Crippen molar-refractivity contribution in [2.45, 2.75) is 52.1 Å². The molecule has 5 rings (SSSR count). The van der Waals surface area contributed by atoms with Crippen LogP contribution in [0.25, 0.3) is 17.0 Å². The highest BCUT2D eigenvalue weighted by Gasteiger charge is 2.41. The number of amides is 1. The van der Waals surface area contributed by atoms with Crippen molar-refractivity contribution in [3.05, 3.63) is 83.4 Å². The normalized spacial score (nSPS) is 23.4. The van der Waals surface area contributed by atoms with Gasteiger partial charge in [0.25, 0.3) is 5.91 Å². The van der Waals surface area contributed by atoms with Gasteiger partial charge in [0.05, 0.1) is 10.6 Å². The number of aromatic nitrogens is 1. The molecule has 2 heterocycles. The Morgan fingerprint density at radius 3 is 2.59 bits per heavy atom. The third-order valence-electron chi connectivity index (χ3n) is 7.08. The largest absolute Gasteiger partial charge is 0.340 e. The van der Waals surface area contributed by atoms with E-state index >= 15 is 0 Å². The van der Waals surface area contributed by atoms with Crippen LogP contribution in [0.3, 0.4) is 0 Å². The lowest BCUT2D eigenvalue weighted by Gasteiger charge is -2.35. The predicted molar refractivity (Wildman–Crippen MR) is 144 cm³/mol. The number of carbonyl (C=O) groups excluding carboxylic acids is 1. The monoisotopic (exact) mass is 469 g/mol. The van der Waals surface area contributed by atoms with E-state index in [1.54, 1.807) is 0 Å². The van der Waals surface area contributed by atoms with Crippen molar-refractivity contribution in [1.29, 1.82) is 0 Å². The molecular formula is C29H31N3OS. The van der Waals surface area contributed by atoms with E-state index in [9.17, 15) is 4.79 Å². The molecule has 0 spiro atoms. The lowest BCUT2D eigenvalue weighted by atomic mass is 9.85. The zero-order valence-corrected chi connectivity index (χ0v) is 20.7. The maximum Gasteiger partial charge on any atom is 0.267 e. The van der Waals surface area contributed by atoms with Crippen LogP contribution in [-0.2, 0) is 11.3 Å². The van der Waals surface area contributed by atoms with Gasteiger partial charge in [-0.3, -0.25) is 9.69 Å². The molecule has 0 N–H and O–H groups in total. The van der Waals surface area contributed by atoms with Gasteiger partial charge in [0.2, 0.25) is 0 Å². The number of carbonyl (C=O) groups is 1. The zero-order chi connectivity index (χ0) is 23.7. The molecule has 174 valence electrons. The summed E-state index contributed by atoms with van der Waals surface area (Å²) in [6.07, 6.45) is 8.59. The van der Waals surface area contributed by atoms with Gasteiger partial charge in [-0.25, -0.2) is 4.99 Å². The summed E-state index contributed by atoms with van der Waals surface area (Å²) in [5.74, 6) is 0.549. The number of amidine groups is 1. The van der Waals surface area contributed by atoms with Gasteiger partial charge in [-0.2, -0.15) is 0 Å². The van der Waals surface area contributed by atoms with Gasteiger partial charge in [-0.1, -0.05) is 62.2 Å². The van der Waals surface area contributed by atoms with Crippen molar-refractivity contribution in [3.8, 4) is 0 Å². The van der Waals surface area contributed by atoms with Crippen molar-refractivity contribution >= 4 is 45.5 Å². The number of para-hydroxylation sites is 2. The van der Waals surface area contributed by atoms with Gasteiger partial charge in [0, 0.05) is 34.7 Å². The molecule has 1 aromatic heterocycles. The highest BCUT2D eigenvalue weighted by molar-refractivity contribution is 8.18. The minimum Gasteiger partial charge on any atom is -0.340 e. The fraction of sp³-hybridized carbons (Fsp3) is 0.310. The molecule has 2 fully saturated rings. The molecule has 0 radical (unpaired) electrons. The second kappa shape index (κ2) is 9.67. The van der Waals surface area contributed by atoms with Crippen LogP contribution in [0.2, 0.25) is 0 Å². The number of thioether (sulfide) groups is 1. The van der Waals surface area contributed by atoms with Crippen LogP contribution in [0.1, 0.15) is 43.9 Å². The number of fused-ring (bicyclic) bond motifs is 1. The number of hydrogen-bond donors (Lipinski definition) is 0. The highest BCUT2D eigenvalue weighted by Crippen LogP contribution is 2.41. The summed E-state index contributed by atoms with van der Waals surface area (Å²) in [6.45, 7) is 9.07. The summed E-state index contributed by atoms with van der Waals surface area (Å²) in [5, 5.41) is 1.96. The first-order chi connectivity index (χ1) is 16.6. The van der Waals surface area contributed by atoms with Gasteiger partial charge < -0.3 is 4.57 Å². The minimum atomic E-state index is 0.0818. The quantitative estimate of drug-likeness (QED) is 0.290. The van der Waals surface area contributed by atoms with Gasteiger partial charge in [0.15, 0.2) is 5.17 Å². The molecule has 1 saturated carbocycles. The van der Waals surface area contributed by atoms with Crippen molar-refractivity contribution in [2.75, 3.05) is 0 Å². The number of hydrogen-bond acceptors (Lipinski definition) is 3. The lowest BCUT2D eigenvalue weighted by Crippen LogP contribution is -2.44. The number of allylic oxidation sites excluding steroid dienone is 1. The second-order valence-electron chi connectivity index (χ2n) is 9.26. The molecule has 4 nitrogen and oxygen atoms in total. The molecule has 2 aliphatic rings. The molecule has 0 unspecified atom stereocenters. The summed E-state index contributed by atoms with van der Waals surface area (Å²) in [4.78, 5) is 21.5. The number of benzene rings is 2. The predicted octanol–water partition coefficient (Wildman–Crippen LogP) is 7.32. The summed E-state index contributed by atoms with van der Waals surface area (Å²) in [5.41, 5.74) is 4.29. The van der Waals surface area contributed by atoms with E-state index in [0.29, 0.717) is 5.92 Å². The van der Waals surface area contributed by atoms with E-state index in [0.717, 1.165) is 63.7 Å². The third-order valence-corrected chi connectivity index (χ3v) is 8.07. The van der Waals surface area contributed by atoms with Gasteiger partial charge in [-0.05, 0) is 61.7 Å². The Balaban J connectivity index is 1.61. The molecule has 1 aliphatic heterocycles. The van der Waals surface area contributed by atoms with E-state index in [1.165, 1.54) is 18.2 Å². The Labute approximate surface area is 206 Å². The highest BCUT2D eigenvalue weighted by atomic mass is 32.2. The van der Waals surface area contributed by atoms with Crippen molar-refractivity contribution in [2.24, 2.45) is 10.9 Å². The molecule has 34 heavy (non-hydrogen) atoms. The third kappa shape index (κ3) is 4.14. The topological polar surface area (TPSA) is 37.6 Å². The average Bonchev–Trinajstić information content (AvgIpc) is 3.29. The van der Waals surface area contributed by atoms with Crippen molar-refractivity contribution in [3.63, 3.8) is 0 Å². The molecule has 2 atom stereocenters. The van der Waals surface area contributed by atoms with E-state index in [-0.39, 0.29) is 11.9 Å². The van der Waals surface area contributed by atoms with Crippen LogP contribution < -0.4 is 0 Å². The Morgan fingerprint density at radius 1 is 1.09 bits per heavy atom. The van der Waals surface area contributed by atoms with Crippen molar-refractivity contribution in [1.82, 2.24) is 9.47 Å². The first kappa shape index (κ1) is 22.7. The average molecular weight is 470 g/mol. The molecule has 1 aliphatic carbocycles. The Kier molecular flexibility index (Phi) is 6.46. The lowest BCUT2D eigenvalue weighted by molar-refractivity contribution is -0.124. The fourth-order valence-electron chi connectivity index (χ4n) is 5.29. The fourth-order valence-corrected chi connectivity index (χ4v) is 6.31. The first-order valence-electron chi connectivity index (χ1n) is 12.1. The summed E-state index contributed by atoms with van der Waals surface area (Å²) < 4.78 is 2.26. The van der Waals surface area contributed by atoms with Gasteiger partial charge in [0.1, 0.15) is 0 Å². The van der Waals surface area contributed by atoms with Gasteiger partial charge >= 0.3 is 0 Å². The Bertz CT molecular complexity index is 1290.